The van der Waals surface area contributed by atoms with Gasteiger partial charge in [-0.15, -0.1) is 0 Å². The number of carbonyl (C=O) groups is 2. The number of amides is 2. The quantitative estimate of drug-likeness (QED) is 0.240. The van der Waals surface area contributed by atoms with Crippen LogP contribution in [0.5, 0.6) is 11.5 Å². The van der Waals surface area contributed by atoms with Crippen molar-refractivity contribution in [2.75, 3.05) is 31.6 Å². The lowest BCUT2D eigenvalue weighted by Crippen LogP contribution is -2.52. The van der Waals surface area contributed by atoms with Crippen LogP contribution >= 0.6 is 0 Å². The summed E-state index contributed by atoms with van der Waals surface area (Å²) >= 11 is 0. The van der Waals surface area contributed by atoms with Gasteiger partial charge in [-0.25, -0.2) is 12.8 Å². The molecule has 0 radical (unpaired) electrons. The van der Waals surface area contributed by atoms with Gasteiger partial charge >= 0.3 is 0 Å². The monoisotopic (exact) mass is 613 g/mol. The molecule has 1 N–H and O–H groups in total. The van der Waals surface area contributed by atoms with Crippen LogP contribution in [0.4, 0.5) is 10.1 Å². The molecule has 0 fully saturated rings. The maximum absolute atomic E-state index is 14.1. The number of benzene rings is 3. The second-order valence-corrected chi connectivity index (χ2v) is 11.9. The highest BCUT2D eigenvalue weighted by Gasteiger charge is 2.34. The van der Waals surface area contributed by atoms with Crippen LogP contribution in [0.2, 0.25) is 0 Å². The maximum atomic E-state index is 14.1. The minimum Gasteiger partial charge on any atom is -0.493 e. The second kappa shape index (κ2) is 15.4. The number of aryl methyl sites for hydroxylation is 1. The van der Waals surface area contributed by atoms with Crippen molar-refractivity contribution in [3.63, 3.8) is 0 Å². The Bertz CT molecular complexity index is 1480. The Morgan fingerprint density at radius 1 is 0.930 bits per heavy atom. The van der Waals surface area contributed by atoms with Crippen molar-refractivity contribution in [1.29, 1.82) is 0 Å². The van der Waals surface area contributed by atoms with Gasteiger partial charge in [-0.2, -0.15) is 0 Å². The molecule has 0 aliphatic carbocycles. The minimum atomic E-state index is -4.30. The summed E-state index contributed by atoms with van der Waals surface area (Å²) in [7, 11) is -1.45. The molecule has 0 aromatic heterocycles. The molecule has 0 unspecified atom stereocenters. The summed E-state index contributed by atoms with van der Waals surface area (Å²) in [6, 6.07) is 15.7. The van der Waals surface area contributed by atoms with E-state index in [0.717, 1.165) is 22.7 Å². The highest BCUT2D eigenvalue weighted by atomic mass is 32.2. The predicted octanol–water partition coefficient (Wildman–Crippen LogP) is 5.07. The van der Waals surface area contributed by atoms with Crippen molar-refractivity contribution >= 4 is 27.5 Å². The Kier molecular flexibility index (Phi) is 11.9. The molecule has 3 rings (SSSR count). The van der Waals surface area contributed by atoms with Crippen molar-refractivity contribution in [2.24, 2.45) is 0 Å². The summed E-state index contributed by atoms with van der Waals surface area (Å²) in [5, 5.41) is 2.89. The average molecular weight is 614 g/mol. The number of unbranched alkanes of at least 4 members (excludes halogenated alkanes) is 1. The molecule has 0 saturated carbocycles. The molecule has 0 bridgehead atoms. The smallest absolute Gasteiger partial charge is 0.264 e. The normalized spacial score (nSPS) is 11.9. The predicted molar refractivity (Wildman–Crippen MR) is 164 cm³/mol. The number of ether oxygens (including phenoxy) is 2. The first-order valence-electron chi connectivity index (χ1n) is 14.2. The third kappa shape index (κ3) is 8.47. The number of methoxy groups -OCH3 is 2. The van der Waals surface area contributed by atoms with Gasteiger partial charge in [0.15, 0.2) is 11.5 Å². The van der Waals surface area contributed by atoms with Gasteiger partial charge in [-0.3, -0.25) is 13.9 Å². The van der Waals surface area contributed by atoms with E-state index in [2.05, 4.69) is 5.32 Å². The zero-order valence-corrected chi connectivity index (χ0v) is 26.1. The van der Waals surface area contributed by atoms with E-state index in [0.29, 0.717) is 17.9 Å². The van der Waals surface area contributed by atoms with Crippen LogP contribution < -0.4 is 19.1 Å². The van der Waals surface area contributed by atoms with E-state index >= 15 is 0 Å². The fraction of sp³-hybridized carbons (Fsp3) is 0.375. The van der Waals surface area contributed by atoms with Crippen molar-refractivity contribution in [1.82, 2.24) is 10.2 Å². The number of nitrogens with one attached hydrogen (secondary N) is 1. The molecule has 2 amide bonds. The van der Waals surface area contributed by atoms with Gasteiger partial charge in [0, 0.05) is 19.2 Å². The van der Waals surface area contributed by atoms with Crippen molar-refractivity contribution in [2.45, 2.75) is 57.5 Å². The van der Waals surface area contributed by atoms with Crippen molar-refractivity contribution in [3.8, 4) is 11.5 Å². The number of halogens is 1. The average Bonchev–Trinajstić information content (AvgIpc) is 3.00. The van der Waals surface area contributed by atoms with Gasteiger partial charge in [-0.1, -0.05) is 50.1 Å². The van der Waals surface area contributed by atoms with Gasteiger partial charge in [0.05, 0.1) is 24.8 Å². The number of hydrogen-bond donors (Lipinski definition) is 1. The number of carbonyl (C=O) groups excluding carboxylic acids is 2. The number of nitrogens with zero attached hydrogens (tertiary/aromatic N) is 2. The number of sulfonamides is 1. The lowest BCUT2D eigenvalue weighted by Gasteiger charge is -2.33. The van der Waals surface area contributed by atoms with Gasteiger partial charge < -0.3 is 19.7 Å². The molecule has 0 saturated heterocycles. The zero-order valence-electron chi connectivity index (χ0n) is 25.3. The van der Waals surface area contributed by atoms with Crippen molar-refractivity contribution in [3.05, 3.63) is 83.7 Å². The van der Waals surface area contributed by atoms with Gasteiger partial charge in [0.2, 0.25) is 11.8 Å². The molecule has 11 heteroatoms. The summed E-state index contributed by atoms with van der Waals surface area (Å²) in [5.41, 5.74) is 1.78. The molecular formula is C32H40FN3O6S. The summed E-state index contributed by atoms with van der Waals surface area (Å²) < 4.78 is 53.5. The number of hydrogen-bond acceptors (Lipinski definition) is 6. The molecule has 3 aromatic carbocycles. The van der Waals surface area contributed by atoms with E-state index in [1.807, 2.05) is 13.8 Å². The molecule has 9 nitrogen and oxygen atoms in total. The Morgan fingerprint density at radius 3 is 2.16 bits per heavy atom. The van der Waals surface area contributed by atoms with Crippen LogP contribution in [0.25, 0.3) is 0 Å². The highest BCUT2D eigenvalue weighted by molar-refractivity contribution is 7.92. The largest absolute Gasteiger partial charge is 0.493 e. The van der Waals surface area contributed by atoms with Gasteiger partial charge in [0.25, 0.3) is 10.0 Å². The summed E-state index contributed by atoms with van der Waals surface area (Å²) in [6.45, 7) is 5.51. The summed E-state index contributed by atoms with van der Waals surface area (Å²) in [5.74, 6) is -0.795. The first-order chi connectivity index (χ1) is 20.5. The fourth-order valence-electron chi connectivity index (χ4n) is 4.56. The third-order valence-electron chi connectivity index (χ3n) is 7.03. The summed E-state index contributed by atoms with van der Waals surface area (Å²) in [4.78, 5) is 28.6. The molecule has 1 atom stereocenters. The Morgan fingerprint density at radius 2 is 1.58 bits per heavy atom. The Hall–Kier alpha value is -4.12. The third-order valence-corrected chi connectivity index (χ3v) is 8.80. The van der Waals surface area contributed by atoms with Crippen LogP contribution in [0, 0.1) is 12.7 Å². The lowest BCUT2D eigenvalue weighted by molar-refractivity contribution is -0.140. The highest BCUT2D eigenvalue weighted by Crippen LogP contribution is 2.32. The Labute approximate surface area is 253 Å². The van der Waals surface area contributed by atoms with Crippen LogP contribution in [-0.4, -0.2) is 58.5 Å². The minimum absolute atomic E-state index is 0.0169. The molecule has 0 heterocycles. The molecule has 232 valence electrons. The van der Waals surface area contributed by atoms with E-state index < -0.39 is 34.3 Å². The van der Waals surface area contributed by atoms with Crippen LogP contribution in [0.3, 0.4) is 0 Å². The van der Waals surface area contributed by atoms with E-state index in [1.165, 1.54) is 61.6 Å². The van der Waals surface area contributed by atoms with E-state index in [1.54, 1.807) is 31.2 Å². The van der Waals surface area contributed by atoms with E-state index in [-0.39, 0.29) is 35.2 Å². The molecule has 43 heavy (non-hydrogen) atoms. The van der Waals surface area contributed by atoms with E-state index in [9.17, 15) is 22.4 Å². The maximum Gasteiger partial charge on any atom is 0.264 e. The SMILES string of the molecule is CCCCNC(=O)[C@@H](CC)N(Cc1ccc(F)cc1)C(=O)CN(c1ccc(C)cc1)S(=O)(=O)c1ccc(OC)c(OC)c1. The van der Waals surface area contributed by atoms with Crippen LogP contribution in [0.1, 0.15) is 44.2 Å². The van der Waals surface area contributed by atoms with E-state index in [4.69, 9.17) is 9.47 Å². The van der Waals surface area contributed by atoms with Crippen LogP contribution in [0.15, 0.2) is 71.6 Å². The summed E-state index contributed by atoms with van der Waals surface area (Å²) in [6.07, 6.45) is 1.95. The van der Waals surface area contributed by atoms with Gasteiger partial charge in [0.1, 0.15) is 18.4 Å². The lowest BCUT2D eigenvalue weighted by atomic mass is 10.1. The molecule has 0 aliphatic heterocycles. The number of rotatable bonds is 15. The van der Waals surface area contributed by atoms with Crippen LogP contribution in [-0.2, 0) is 26.2 Å². The second-order valence-electron chi connectivity index (χ2n) is 10.1. The topological polar surface area (TPSA) is 105 Å². The Balaban J connectivity index is 2.06. The molecular weight excluding hydrogens is 573 g/mol. The standard InChI is InChI=1S/C32H40FN3O6S/c1-6-8-19-34-32(38)28(7-2)35(21-24-11-13-25(33)14-12-24)31(37)22-36(26-15-9-23(3)10-16-26)43(39,40)27-17-18-29(41-4)30(20-27)42-5/h9-18,20,28H,6-8,19,21-22H2,1-5H3,(H,34,38)/t28-/m1/s1. The van der Waals surface area contributed by atoms with Crippen molar-refractivity contribution < 1.29 is 31.9 Å². The zero-order chi connectivity index (χ0) is 31.6. The molecule has 0 aliphatic rings. The number of anilines is 1. The first-order valence-corrected chi connectivity index (χ1v) is 15.6. The first kappa shape index (κ1) is 33.4. The molecule has 3 aromatic rings. The molecule has 0 spiro atoms. The van der Waals surface area contributed by atoms with Gasteiger partial charge in [-0.05, 0) is 61.7 Å². The fourth-order valence-corrected chi connectivity index (χ4v) is 5.99.